The highest BCUT2D eigenvalue weighted by Crippen LogP contribution is 2.15. The van der Waals surface area contributed by atoms with Crippen molar-refractivity contribution in [1.82, 2.24) is 0 Å². The molecule has 1 aromatic rings. The van der Waals surface area contributed by atoms with Crippen LogP contribution in [-0.4, -0.2) is 23.0 Å². The Hall–Kier alpha value is -1.84. The van der Waals surface area contributed by atoms with Gasteiger partial charge in [0, 0.05) is 6.42 Å². The van der Waals surface area contributed by atoms with Crippen LogP contribution in [-0.2, 0) is 16.0 Å². The zero-order valence-corrected chi connectivity index (χ0v) is 9.27. The minimum atomic E-state index is -1.41. The zero-order chi connectivity index (χ0) is 12.1. The Morgan fingerprint density at radius 2 is 2.06 bits per heavy atom. The molecule has 1 rings (SSSR count). The summed E-state index contributed by atoms with van der Waals surface area (Å²) in [6, 6.07) is 6.89. The summed E-state index contributed by atoms with van der Waals surface area (Å²) >= 11 is 0. The molecule has 0 saturated carbocycles. The van der Waals surface area contributed by atoms with Crippen molar-refractivity contribution >= 4 is 11.8 Å². The maximum Gasteiger partial charge on any atom is 0.372 e. The number of aliphatic carboxylic acids is 1. The first kappa shape index (κ1) is 12.2. The number of ketones is 1. The Labute approximate surface area is 93.9 Å². The largest absolute Gasteiger partial charge is 0.491 e. The van der Waals surface area contributed by atoms with E-state index in [0.717, 1.165) is 0 Å². The standard InChI is InChI=1S/C12H14O4/c1-8(2)16-10-5-3-4-9(6-10)7-11(13)12(14)15/h3-6,8H,7H2,1-2H3,(H,14,15). The second kappa shape index (κ2) is 5.30. The summed E-state index contributed by atoms with van der Waals surface area (Å²) in [6.45, 7) is 3.80. The van der Waals surface area contributed by atoms with E-state index in [1.807, 2.05) is 13.8 Å². The Balaban J connectivity index is 2.74. The van der Waals surface area contributed by atoms with Crippen LogP contribution in [0.15, 0.2) is 24.3 Å². The molecule has 16 heavy (non-hydrogen) atoms. The lowest BCUT2D eigenvalue weighted by molar-refractivity contribution is -0.148. The van der Waals surface area contributed by atoms with E-state index >= 15 is 0 Å². The lowest BCUT2D eigenvalue weighted by atomic mass is 10.1. The van der Waals surface area contributed by atoms with E-state index in [1.54, 1.807) is 24.3 Å². The molecule has 0 aromatic heterocycles. The monoisotopic (exact) mass is 222 g/mol. The van der Waals surface area contributed by atoms with E-state index in [2.05, 4.69) is 0 Å². The van der Waals surface area contributed by atoms with Crippen LogP contribution in [0, 0.1) is 0 Å². The number of rotatable bonds is 5. The Morgan fingerprint density at radius 1 is 1.38 bits per heavy atom. The van der Waals surface area contributed by atoms with Crippen LogP contribution in [0.2, 0.25) is 0 Å². The van der Waals surface area contributed by atoms with Gasteiger partial charge < -0.3 is 9.84 Å². The van der Waals surface area contributed by atoms with Crippen LogP contribution in [0.1, 0.15) is 19.4 Å². The Bertz CT molecular complexity index is 396. The van der Waals surface area contributed by atoms with Crippen LogP contribution in [0.4, 0.5) is 0 Å². The number of benzene rings is 1. The molecule has 1 N–H and O–H groups in total. The van der Waals surface area contributed by atoms with Crippen molar-refractivity contribution in [2.45, 2.75) is 26.4 Å². The predicted molar refractivity (Wildman–Crippen MR) is 58.6 cm³/mol. The van der Waals surface area contributed by atoms with Gasteiger partial charge in [0.1, 0.15) is 5.75 Å². The quantitative estimate of drug-likeness (QED) is 0.770. The van der Waals surface area contributed by atoms with Crippen LogP contribution in [0.25, 0.3) is 0 Å². The number of ether oxygens (including phenoxy) is 1. The molecule has 0 aliphatic heterocycles. The number of carboxylic acid groups (broad SMARTS) is 1. The van der Waals surface area contributed by atoms with Gasteiger partial charge in [0.2, 0.25) is 5.78 Å². The number of hydrogen-bond acceptors (Lipinski definition) is 3. The SMILES string of the molecule is CC(C)Oc1cccc(CC(=O)C(=O)O)c1. The predicted octanol–water partition coefficient (Wildman–Crippen LogP) is 1.67. The molecule has 0 bridgehead atoms. The normalized spacial score (nSPS) is 10.2. The summed E-state index contributed by atoms with van der Waals surface area (Å²) in [6.07, 6.45) is -0.0598. The maximum absolute atomic E-state index is 11.0. The second-order valence-electron chi connectivity index (χ2n) is 3.72. The Morgan fingerprint density at radius 3 is 2.62 bits per heavy atom. The minimum absolute atomic E-state index is 0.0467. The summed E-state index contributed by atoms with van der Waals surface area (Å²) in [5, 5.41) is 8.48. The molecule has 86 valence electrons. The van der Waals surface area contributed by atoms with Crippen molar-refractivity contribution in [2.75, 3.05) is 0 Å². The molecule has 0 radical (unpaired) electrons. The summed E-state index contributed by atoms with van der Waals surface area (Å²) < 4.78 is 5.44. The molecule has 0 atom stereocenters. The van der Waals surface area contributed by atoms with Crippen LogP contribution < -0.4 is 4.74 Å². The third-order valence-electron chi connectivity index (χ3n) is 1.87. The van der Waals surface area contributed by atoms with Crippen molar-refractivity contribution < 1.29 is 19.4 Å². The van der Waals surface area contributed by atoms with Crippen molar-refractivity contribution in [2.24, 2.45) is 0 Å². The average Bonchev–Trinajstić information content (AvgIpc) is 2.16. The molecule has 0 heterocycles. The first-order chi connectivity index (χ1) is 7.49. The third-order valence-corrected chi connectivity index (χ3v) is 1.87. The van der Waals surface area contributed by atoms with Crippen LogP contribution >= 0.6 is 0 Å². The Kier molecular flexibility index (Phi) is 4.05. The third kappa shape index (κ3) is 3.73. The molecule has 0 aliphatic rings. The molecule has 1 aromatic carbocycles. The van der Waals surface area contributed by atoms with Gasteiger partial charge in [-0.1, -0.05) is 12.1 Å². The average molecular weight is 222 g/mol. The first-order valence-electron chi connectivity index (χ1n) is 5.00. The number of carbonyl (C=O) groups excluding carboxylic acids is 1. The smallest absolute Gasteiger partial charge is 0.372 e. The van der Waals surface area contributed by atoms with Gasteiger partial charge in [-0.15, -0.1) is 0 Å². The number of carbonyl (C=O) groups is 2. The topological polar surface area (TPSA) is 63.6 Å². The summed E-state index contributed by atoms with van der Waals surface area (Å²) in [4.78, 5) is 21.4. The van der Waals surface area contributed by atoms with Gasteiger partial charge >= 0.3 is 5.97 Å². The van der Waals surface area contributed by atoms with Crippen molar-refractivity contribution in [3.05, 3.63) is 29.8 Å². The van der Waals surface area contributed by atoms with Crippen molar-refractivity contribution in [3.8, 4) is 5.75 Å². The fourth-order valence-corrected chi connectivity index (χ4v) is 1.26. The van der Waals surface area contributed by atoms with E-state index < -0.39 is 11.8 Å². The van der Waals surface area contributed by atoms with E-state index in [1.165, 1.54) is 0 Å². The zero-order valence-electron chi connectivity index (χ0n) is 9.27. The molecule has 0 fully saturated rings. The van der Waals surface area contributed by atoms with Crippen LogP contribution in [0.5, 0.6) is 5.75 Å². The van der Waals surface area contributed by atoms with Gasteiger partial charge in [-0.3, -0.25) is 4.79 Å². The van der Waals surface area contributed by atoms with E-state index in [-0.39, 0.29) is 12.5 Å². The summed E-state index contributed by atoms with van der Waals surface area (Å²) in [7, 11) is 0. The summed E-state index contributed by atoms with van der Waals surface area (Å²) in [5.74, 6) is -1.58. The highest BCUT2D eigenvalue weighted by atomic mass is 16.5. The molecule has 0 saturated heterocycles. The molecule has 4 nitrogen and oxygen atoms in total. The molecule has 0 spiro atoms. The molecule has 4 heteroatoms. The van der Waals surface area contributed by atoms with Crippen molar-refractivity contribution in [3.63, 3.8) is 0 Å². The van der Waals surface area contributed by atoms with E-state index in [0.29, 0.717) is 11.3 Å². The highest BCUT2D eigenvalue weighted by Gasteiger charge is 2.12. The lowest BCUT2D eigenvalue weighted by Crippen LogP contribution is -2.15. The second-order valence-corrected chi connectivity index (χ2v) is 3.72. The fraction of sp³-hybridized carbons (Fsp3) is 0.333. The van der Waals surface area contributed by atoms with Gasteiger partial charge in [-0.2, -0.15) is 0 Å². The van der Waals surface area contributed by atoms with E-state index in [9.17, 15) is 9.59 Å². The molecular weight excluding hydrogens is 208 g/mol. The molecule has 0 aliphatic carbocycles. The lowest BCUT2D eigenvalue weighted by Gasteiger charge is -2.10. The van der Waals surface area contributed by atoms with E-state index in [4.69, 9.17) is 9.84 Å². The van der Waals surface area contributed by atoms with Gasteiger partial charge in [0.05, 0.1) is 6.10 Å². The maximum atomic E-state index is 11.0. The highest BCUT2D eigenvalue weighted by molar-refractivity contribution is 6.33. The number of hydrogen-bond donors (Lipinski definition) is 1. The van der Waals surface area contributed by atoms with Gasteiger partial charge in [0.15, 0.2) is 0 Å². The van der Waals surface area contributed by atoms with Gasteiger partial charge in [-0.05, 0) is 31.5 Å². The van der Waals surface area contributed by atoms with Gasteiger partial charge in [0.25, 0.3) is 0 Å². The number of Topliss-reactive ketones (excluding diaryl/α,β-unsaturated/α-hetero) is 1. The minimum Gasteiger partial charge on any atom is -0.491 e. The molecule has 0 unspecified atom stereocenters. The van der Waals surface area contributed by atoms with Crippen molar-refractivity contribution in [1.29, 1.82) is 0 Å². The fourth-order valence-electron chi connectivity index (χ4n) is 1.26. The first-order valence-corrected chi connectivity index (χ1v) is 5.00. The number of carboxylic acids is 1. The molecular formula is C12H14O4. The molecule has 0 amide bonds. The van der Waals surface area contributed by atoms with Crippen LogP contribution in [0.3, 0.4) is 0 Å². The van der Waals surface area contributed by atoms with Gasteiger partial charge in [-0.25, -0.2) is 4.79 Å². The summed E-state index contributed by atoms with van der Waals surface area (Å²) in [5.41, 5.74) is 0.644.